The lowest BCUT2D eigenvalue weighted by molar-refractivity contribution is 0.176. The minimum absolute atomic E-state index is 0.243. The van der Waals surface area contributed by atoms with Crippen LogP contribution in [0.3, 0.4) is 0 Å². The molecule has 0 fully saturated rings. The molecule has 19 heavy (non-hydrogen) atoms. The number of hydrogen-bond donors (Lipinski definition) is 1. The zero-order chi connectivity index (χ0) is 14.0. The molecule has 0 radical (unpaired) electrons. The topological polar surface area (TPSA) is 20.2 Å². The molecule has 1 atom stereocenters. The summed E-state index contributed by atoms with van der Waals surface area (Å²) in [5.41, 5.74) is 3.48. The van der Waals surface area contributed by atoms with E-state index in [-0.39, 0.29) is 12.2 Å². The number of aliphatic hydroxyl groups excluding tert-OH is 1. The highest BCUT2D eigenvalue weighted by Crippen LogP contribution is 2.25. The van der Waals surface area contributed by atoms with Gasteiger partial charge < -0.3 is 5.11 Å². The van der Waals surface area contributed by atoms with E-state index < -0.39 is 6.10 Å². The minimum atomic E-state index is -0.712. The van der Waals surface area contributed by atoms with Gasteiger partial charge in [-0.1, -0.05) is 35.9 Å². The van der Waals surface area contributed by atoms with Crippen molar-refractivity contribution in [2.24, 2.45) is 0 Å². The van der Waals surface area contributed by atoms with Crippen molar-refractivity contribution in [3.63, 3.8) is 0 Å². The Bertz CT molecular complexity index is 595. The fourth-order valence-electron chi connectivity index (χ4n) is 2.14. The largest absolute Gasteiger partial charge is 0.388 e. The summed E-state index contributed by atoms with van der Waals surface area (Å²) >= 11 is 5.71. The molecule has 1 unspecified atom stereocenters. The zero-order valence-electron chi connectivity index (χ0n) is 11.0. The Morgan fingerprint density at radius 3 is 2.63 bits per heavy atom. The van der Waals surface area contributed by atoms with Gasteiger partial charge in [-0.05, 0) is 48.2 Å². The molecule has 2 aromatic rings. The molecule has 0 aromatic heterocycles. The minimum Gasteiger partial charge on any atom is -0.388 e. The van der Waals surface area contributed by atoms with E-state index in [0.29, 0.717) is 10.6 Å². The van der Waals surface area contributed by atoms with Gasteiger partial charge in [0.05, 0.1) is 6.10 Å². The molecule has 0 spiro atoms. The number of hydrogen-bond acceptors (Lipinski definition) is 1. The normalized spacial score (nSPS) is 12.5. The van der Waals surface area contributed by atoms with Crippen LogP contribution in [0.1, 0.15) is 28.4 Å². The van der Waals surface area contributed by atoms with Gasteiger partial charge in [0.1, 0.15) is 5.82 Å². The van der Waals surface area contributed by atoms with E-state index in [1.807, 2.05) is 32.0 Å². The molecule has 2 aromatic carbocycles. The Balaban J connectivity index is 2.25. The lowest BCUT2D eigenvalue weighted by Gasteiger charge is -2.15. The predicted molar refractivity (Wildman–Crippen MR) is 76.0 cm³/mol. The van der Waals surface area contributed by atoms with Gasteiger partial charge in [-0.25, -0.2) is 4.39 Å². The molecule has 0 saturated heterocycles. The van der Waals surface area contributed by atoms with Crippen LogP contribution in [0, 0.1) is 19.7 Å². The van der Waals surface area contributed by atoms with Crippen LogP contribution in [0.25, 0.3) is 0 Å². The Kier molecular flexibility index (Phi) is 4.23. The highest BCUT2D eigenvalue weighted by Gasteiger charge is 2.14. The second-order valence-corrected chi connectivity index (χ2v) is 5.18. The molecule has 0 amide bonds. The first-order chi connectivity index (χ1) is 8.99. The van der Waals surface area contributed by atoms with Crippen molar-refractivity contribution in [1.29, 1.82) is 0 Å². The zero-order valence-corrected chi connectivity index (χ0v) is 11.7. The van der Waals surface area contributed by atoms with Crippen LogP contribution in [-0.2, 0) is 6.42 Å². The number of aryl methyl sites for hydroxylation is 1. The van der Waals surface area contributed by atoms with Crippen molar-refractivity contribution in [2.75, 3.05) is 0 Å². The van der Waals surface area contributed by atoms with E-state index >= 15 is 0 Å². The number of rotatable bonds is 3. The molecule has 1 nitrogen and oxygen atoms in total. The van der Waals surface area contributed by atoms with Crippen molar-refractivity contribution in [1.82, 2.24) is 0 Å². The Morgan fingerprint density at radius 1 is 1.21 bits per heavy atom. The van der Waals surface area contributed by atoms with Gasteiger partial charge in [0.25, 0.3) is 0 Å². The van der Waals surface area contributed by atoms with Crippen LogP contribution < -0.4 is 0 Å². The lowest BCUT2D eigenvalue weighted by atomic mass is 9.95. The first-order valence-corrected chi connectivity index (χ1v) is 6.55. The Morgan fingerprint density at radius 2 is 1.95 bits per heavy atom. The van der Waals surface area contributed by atoms with E-state index in [9.17, 15) is 9.50 Å². The van der Waals surface area contributed by atoms with E-state index in [0.717, 1.165) is 16.7 Å². The molecular weight excluding hydrogens is 263 g/mol. The van der Waals surface area contributed by atoms with Crippen LogP contribution in [0.15, 0.2) is 36.4 Å². The highest BCUT2D eigenvalue weighted by molar-refractivity contribution is 6.30. The van der Waals surface area contributed by atoms with Crippen LogP contribution in [0.5, 0.6) is 0 Å². The summed E-state index contributed by atoms with van der Waals surface area (Å²) in [6.45, 7) is 3.96. The molecule has 100 valence electrons. The van der Waals surface area contributed by atoms with Gasteiger partial charge in [0.2, 0.25) is 0 Å². The smallest absolute Gasteiger partial charge is 0.127 e. The van der Waals surface area contributed by atoms with Gasteiger partial charge in [-0.15, -0.1) is 0 Å². The van der Waals surface area contributed by atoms with Crippen molar-refractivity contribution >= 4 is 11.6 Å². The maximum absolute atomic E-state index is 13.7. The van der Waals surface area contributed by atoms with Gasteiger partial charge in [0, 0.05) is 11.4 Å². The van der Waals surface area contributed by atoms with Crippen molar-refractivity contribution in [3.05, 3.63) is 69.5 Å². The molecule has 0 aliphatic carbocycles. The van der Waals surface area contributed by atoms with Crippen LogP contribution in [-0.4, -0.2) is 5.11 Å². The van der Waals surface area contributed by atoms with Gasteiger partial charge in [-0.2, -0.15) is 0 Å². The molecule has 3 heteroatoms. The molecule has 0 heterocycles. The fourth-order valence-corrected chi connectivity index (χ4v) is 2.30. The number of benzene rings is 2. The third-order valence-electron chi connectivity index (χ3n) is 3.43. The van der Waals surface area contributed by atoms with Crippen LogP contribution in [0.2, 0.25) is 5.02 Å². The molecule has 0 bridgehead atoms. The van der Waals surface area contributed by atoms with Crippen molar-refractivity contribution in [3.8, 4) is 0 Å². The maximum Gasteiger partial charge on any atom is 0.127 e. The summed E-state index contributed by atoms with van der Waals surface area (Å²) in [4.78, 5) is 0. The highest BCUT2D eigenvalue weighted by atomic mass is 35.5. The molecular formula is C16H16ClFO. The van der Waals surface area contributed by atoms with Gasteiger partial charge >= 0.3 is 0 Å². The Labute approximate surface area is 117 Å². The quantitative estimate of drug-likeness (QED) is 0.884. The summed E-state index contributed by atoms with van der Waals surface area (Å²) in [5.74, 6) is -0.378. The standard InChI is InChI=1S/C16H16ClFO/c1-10-4-3-5-14(11(10)2)16(19)8-12-6-7-13(17)9-15(12)18/h3-7,9,16,19H,8H2,1-2H3. The SMILES string of the molecule is Cc1cccc(C(O)Cc2ccc(Cl)cc2F)c1C. The summed E-state index contributed by atoms with van der Waals surface area (Å²) < 4.78 is 13.7. The summed E-state index contributed by atoms with van der Waals surface area (Å²) in [7, 11) is 0. The van der Waals surface area contributed by atoms with Gasteiger partial charge in [-0.3, -0.25) is 0 Å². The fraction of sp³-hybridized carbons (Fsp3) is 0.250. The third-order valence-corrected chi connectivity index (χ3v) is 3.67. The third kappa shape index (κ3) is 3.14. The second-order valence-electron chi connectivity index (χ2n) is 4.74. The summed E-state index contributed by atoms with van der Waals surface area (Å²) in [5, 5.41) is 10.6. The molecule has 2 rings (SSSR count). The van der Waals surface area contributed by atoms with Gasteiger partial charge in [0.15, 0.2) is 0 Å². The van der Waals surface area contributed by atoms with E-state index in [2.05, 4.69) is 0 Å². The summed E-state index contributed by atoms with van der Waals surface area (Å²) in [6, 6.07) is 10.3. The summed E-state index contributed by atoms with van der Waals surface area (Å²) in [6.07, 6.45) is -0.469. The Hall–Kier alpha value is -1.38. The molecule has 1 N–H and O–H groups in total. The van der Waals surface area contributed by atoms with E-state index in [1.165, 1.54) is 6.07 Å². The van der Waals surface area contributed by atoms with E-state index in [1.54, 1.807) is 12.1 Å². The number of halogens is 2. The predicted octanol–water partition coefficient (Wildman–Crippen LogP) is 4.37. The molecule has 0 aliphatic heterocycles. The van der Waals surface area contributed by atoms with Crippen LogP contribution >= 0.6 is 11.6 Å². The first-order valence-electron chi connectivity index (χ1n) is 6.17. The number of aliphatic hydroxyl groups is 1. The first kappa shape index (κ1) is 14.0. The molecule has 0 saturated carbocycles. The monoisotopic (exact) mass is 278 g/mol. The average molecular weight is 279 g/mol. The van der Waals surface area contributed by atoms with E-state index in [4.69, 9.17) is 11.6 Å². The van der Waals surface area contributed by atoms with Crippen LogP contribution in [0.4, 0.5) is 4.39 Å². The second kappa shape index (κ2) is 5.72. The maximum atomic E-state index is 13.7. The average Bonchev–Trinajstić information content (AvgIpc) is 2.36. The van der Waals surface area contributed by atoms with Crippen molar-refractivity contribution < 1.29 is 9.50 Å². The lowest BCUT2D eigenvalue weighted by Crippen LogP contribution is -2.06. The van der Waals surface area contributed by atoms with Crippen molar-refractivity contribution in [2.45, 2.75) is 26.4 Å². The molecule has 0 aliphatic rings.